The summed E-state index contributed by atoms with van der Waals surface area (Å²) in [5.74, 6) is 1.32. The number of likely N-dealkylation sites (N-methyl/N-ethyl adjacent to an activating group) is 1. The van der Waals surface area contributed by atoms with Crippen LogP contribution < -0.4 is 9.47 Å². The van der Waals surface area contributed by atoms with Gasteiger partial charge in [-0.3, -0.25) is 4.79 Å². The molecule has 0 saturated carbocycles. The summed E-state index contributed by atoms with van der Waals surface area (Å²) in [4.78, 5) is 20.2. The molecule has 0 aliphatic carbocycles. The number of benzene rings is 1. The summed E-state index contributed by atoms with van der Waals surface area (Å²) in [6, 6.07) is 9.34. The van der Waals surface area contributed by atoms with Gasteiger partial charge in [0.05, 0.1) is 31.4 Å². The van der Waals surface area contributed by atoms with E-state index in [0.29, 0.717) is 24.5 Å². The van der Waals surface area contributed by atoms with Gasteiger partial charge in [-0.25, -0.2) is 0 Å². The fourth-order valence-electron chi connectivity index (χ4n) is 2.69. The van der Waals surface area contributed by atoms with Gasteiger partial charge in [-0.15, -0.1) is 11.3 Å². The van der Waals surface area contributed by atoms with Crippen molar-refractivity contribution >= 4 is 23.0 Å². The molecule has 0 N–H and O–H groups in total. The van der Waals surface area contributed by atoms with Crippen LogP contribution >= 0.6 is 11.3 Å². The van der Waals surface area contributed by atoms with E-state index < -0.39 is 0 Å². The van der Waals surface area contributed by atoms with Gasteiger partial charge >= 0.3 is 0 Å². The van der Waals surface area contributed by atoms with Crippen LogP contribution in [-0.4, -0.2) is 50.4 Å². The lowest BCUT2D eigenvalue weighted by atomic mass is 10.0. The van der Waals surface area contributed by atoms with Crippen molar-refractivity contribution < 1.29 is 19.1 Å². The summed E-state index contributed by atoms with van der Waals surface area (Å²) in [7, 11) is 4.98. The number of hydrogen-bond donors (Lipinski definition) is 0. The average Bonchev–Trinajstić information content (AvgIpc) is 3.32. The Balaban J connectivity index is 1.62. The van der Waals surface area contributed by atoms with Gasteiger partial charge in [0.25, 0.3) is 5.91 Å². The zero-order valence-corrected chi connectivity index (χ0v) is 15.2. The zero-order valence-electron chi connectivity index (χ0n) is 14.4. The number of carbonyl (C=O) groups excluding carboxylic acids is 1. The highest BCUT2D eigenvalue weighted by Crippen LogP contribution is 2.29. The molecule has 1 atom stereocenters. The second kappa shape index (κ2) is 7.57. The lowest BCUT2D eigenvalue weighted by Crippen LogP contribution is -2.34. The number of oxime groups is 1. The lowest BCUT2D eigenvalue weighted by Gasteiger charge is -2.19. The molecule has 1 aliphatic rings. The molecule has 7 heteroatoms. The maximum Gasteiger partial charge on any atom is 0.263 e. The zero-order chi connectivity index (χ0) is 17.8. The Morgan fingerprint density at radius 1 is 1.32 bits per heavy atom. The molecule has 0 spiro atoms. The first-order valence-electron chi connectivity index (χ1n) is 7.86. The van der Waals surface area contributed by atoms with E-state index >= 15 is 0 Å². The number of carbonyl (C=O) groups is 1. The molecule has 132 valence electrons. The highest BCUT2D eigenvalue weighted by atomic mass is 32.1. The van der Waals surface area contributed by atoms with E-state index in [1.165, 1.54) is 11.3 Å². The predicted octanol–water partition coefficient (Wildman–Crippen LogP) is 3.03. The molecule has 3 rings (SSSR count). The van der Waals surface area contributed by atoms with Crippen molar-refractivity contribution in [3.63, 3.8) is 0 Å². The van der Waals surface area contributed by atoms with Gasteiger partial charge in [-0.1, -0.05) is 11.2 Å². The maximum absolute atomic E-state index is 12.3. The van der Waals surface area contributed by atoms with E-state index in [1.807, 2.05) is 35.7 Å². The Hall–Kier alpha value is -2.54. The largest absolute Gasteiger partial charge is 0.493 e. The number of hydrogen-bond acceptors (Lipinski definition) is 6. The van der Waals surface area contributed by atoms with Crippen molar-refractivity contribution in [2.75, 3.05) is 27.8 Å². The number of ether oxygens (including phenoxy) is 2. The Bertz CT molecular complexity index is 773. The van der Waals surface area contributed by atoms with Gasteiger partial charge in [-0.2, -0.15) is 0 Å². The van der Waals surface area contributed by atoms with Crippen LogP contribution in [0.4, 0.5) is 0 Å². The minimum absolute atomic E-state index is 0.00170. The summed E-state index contributed by atoms with van der Waals surface area (Å²) in [6.07, 6.45) is 0.481. The fourth-order valence-corrected chi connectivity index (χ4v) is 3.41. The SMILES string of the molecule is COc1ccc(C2=NOC(CN(C)C(=O)c3cccs3)C2)cc1OC. The third-order valence-corrected chi connectivity index (χ3v) is 4.86. The maximum atomic E-state index is 12.3. The van der Waals surface area contributed by atoms with Crippen molar-refractivity contribution in [3.05, 3.63) is 46.2 Å². The quantitative estimate of drug-likeness (QED) is 0.794. The molecule has 6 nitrogen and oxygen atoms in total. The number of thiophene rings is 1. The smallest absolute Gasteiger partial charge is 0.263 e. The summed E-state index contributed by atoms with van der Waals surface area (Å²) in [5.41, 5.74) is 1.76. The van der Waals surface area contributed by atoms with E-state index in [9.17, 15) is 4.79 Å². The monoisotopic (exact) mass is 360 g/mol. The van der Waals surface area contributed by atoms with Crippen LogP contribution in [0.25, 0.3) is 0 Å². The first-order chi connectivity index (χ1) is 12.1. The topological polar surface area (TPSA) is 60.4 Å². The van der Waals surface area contributed by atoms with Gasteiger partial charge in [0.1, 0.15) is 0 Å². The van der Waals surface area contributed by atoms with Gasteiger partial charge in [0.2, 0.25) is 0 Å². The molecule has 0 bridgehead atoms. The minimum Gasteiger partial charge on any atom is -0.493 e. The van der Waals surface area contributed by atoms with Crippen LogP contribution in [0.2, 0.25) is 0 Å². The van der Waals surface area contributed by atoms with E-state index in [0.717, 1.165) is 16.2 Å². The van der Waals surface area contributed by atoms with E-state index in [4.69, 9.17) is 14.3 Å². The molecule has 1 unspecified atom stereocenters. The van der Waals surface area contributed by atoms with Crippen molar-refractivity contribution in [1.82, 2.24) is 4.90 Å². The van der Waals surface area contributed by atoms with Gasteiger partial charge in [-0.05, 0) is 29.6 Å². The molecular weight excluding hydrogens is 340 g/mol. The summed E-state index contributed by atoms with van der Waals surface area (Å²) in [6.45, 7) is 0.483. The molecule has 0 saturated heterocycles. The van der Waals surface area contributed by atoms with Crippen molar-refractivity contribution in [2.24, 2.45) is 5.16 Å². The third-order valence-electron chi connectivity index (χ3n) is 4.01. The van der Waals surface area contributed by atoms with Crippen LogP contribution in [0.5, 0.6) is 11.5 Å². The number of rotatable bonds is 6. The molecule has 1 amide bonds. The van der Waals surface area contributed by atoms with E-state index in [1.54, 1.807) is 26.2 Å². The van der Waals surface area contributed by atoms with Gasteiger partial charge in [0.15, 0.2) is 17.6 Å². The Labute approximate surface area is 150 Å². The molecular formula is C18H20N2O4S. The molecule has 0 radical (unpaired) electrons. The lowest BCUT2D eigenvalue weighted by molar-refractivity contribution is 0.0485. The van der Waals surface area contributed by atoms with Crippen LogP contribution in [0, 0.1) is 0 Å². The molecule has 2 aromatic rings. The normalized spacial score (nSPS) is 16.1. The van der Waals surface area contributed by atoms with E-state index in [2.05, 4.69) is 5.16 Å². The second-order valence-electron chi connectivity index (χ2n) is 5.70. The summed E-state index contributed by atoms with van der Waals surface area (Å²) in [5, 5.41) is 6.07. The average molecular weight is 360 g/mol. The number of nitrogens with zero attached hydrogens (tertiary/aromatic N) is 2. The van der Waals surface area contributed by atoms with Gasteiger partial charge < -0.3 is 19.2 Å². The number of amides is 1. The van der Waals surface area contributed by atoms with Crippen molar-refractivity contribution in [3.8, 4) is 11.5 Å². The first-order valence-corrected chi connectivity index (χ1v) is 8.74. The second-order valence-corrected chi connectivity index (χ2v) is 6.65. The number of methoxy groups -OCH3 is 2. The summed E-state index contributed by atoms with van der Waals surface area (Å²) >= 11 is 1.44. The van der Waals surface area contributed by atoms with E-state index in [-0.39, 0.29) is 12.0 Å². The van der Waals surface area contributed by atoms with Crippen molar-refractivity contribution in [1.29, 1.82) is 0 Å². The van der Waals surface area contributed by atoms with Crippen molar-refractivity contribution in [2.45, 2.75) is 12.5 Å². The van der Waals surface area contributed by atoms with Crippen LogP contribution in [0.3, 0.4) is 0 Å². The fraction of sp³-hybridized carbons (Fsp3) is 0.333. The summed E-state index contributed by atoms with van der Waals surface area (Å²) < 4.78 is 10.6. The highest BCUT2D eigenvalue weighted by molar-refractivity contribution is 7.12. The minimum atomic E-state index is -0.156. The Morgan fingerprint density at radius 3 is 2.80 bits per heavy atom. The molecule has 1 aliphatic heterocycles. The molecule has 0 fully saturated rings. The first kappa shape index (κ1) is 17.3. The van der Waals surface area contributed by atoms with Gasteiger partial charge in [0, 0.05) is 19.0 Å². The molecule has 25 heavy (non-hydrogen) atoms. The van der Waals surface area contributed by atoms with Crippen LogP contribution in [-0.2, 0) is 4.84 Å². The predicted molar refractivity (Wildman–Crippen MR) is 96.9 cm³/mol. The van der Waals surface area contributed by atoms with Crippen LogP contribution in [0.15, 0.2) is 40.9 Å². The molecule has 2 heterocycles. The third kappa shape index (κ3) is 3.76. The highest BCUT2D eigenvalue weighted by Gasteiger charge is 2.26. The molecule has 1 aromatic heterocycles. The molecule has 1 aromatic carbocycles. The Morgan fingerprint density at radius 2 is 2.12 bits per heavy atom. The standard InChI is InChI=1S/C18H20N2O4S/c1-20(18(21)17-5-4-8-25-17)11-13-10-14(19-24-13)12-6-7-15(22-2)16(9-12)23-3/h4-9,13H,10-11H2,1-3H3. The van der Waals surface area contributed by atoms with Crippen LogP contribution in [0.1, 0.15) is 21.7 Å². The Kier molecular flexibility index (Phi) is 5.23.